The minimum absolute atomic E-state index is 0.0348. The molecule has 6 heteroatoms. The second kappa shape index (κ2) is 5.57. The maximum atomic E-state index is 12.3. The van der Waals surface area contributed by atoms with Crippen LogP contribution in [0.2, 0.25) is 0 Å². The molecule has 2 aromatic carbocycles. The van der Waals surface area contributed by atoms with E-state index in [9.17, 15) is 14.4 Å². The number of rotatable bonds is 3. The van der Waals surface area contributed by atoms with Crippen molar-refractivity contribution in [3.8, 4) is 0 Å². The molecule has 0 atom stereocenters. The third-order valence-corrected chi connectivity index (χ3v) is 3.60. The molecule has 23 heavy (non-hydrogen) atoms. The fourth-order valence-corrected chi connectivity index (χ4v) is 2.27. The molecule has 116 valence electrons. The molecule has 0 aliphatic carbocycles. The SMILES string of the molecule is CC(=O)c1ccc(NC(=O)c2ccc3c(c2)oc(=O)n3C)cc1. The molecule has 0 unspecified atom stereocenters. The van der Waals surface area contributed by atoms with Gasteiger partial charge in [0.1, 0.15) is 0 Å². The number of aromatic nitrogens is 1. The highest BCUT2D eigenvalue weighted by molar-refractivity contribution is 6.06. The van der Waals surface area contributed by atoms with Crippen LogP contribution < -0.4 is 11.1 Å². The lowest BCUT2D eigenvalue weighted by Crippen LogP contribution is -2.12. The number of anilines is 1. The molecule has 1 aromatic heterocycles. The van der Waals surface area contributed by atoms with Gasteiger partial charge in [-0.3, -0.25) is 14.2 Å². The molecular weight excluding hydrogens is 296 g/mol. The van der Waals surface area contributed by atoms with Crippen molar-refractivity contribution in [2.75, 3.05) is 5.32 Å². The minimum atomic E-state index is -0.475. The zero-order valence-electron chi connectivity index (χ0n) is 12.6. The van der Waals surface area contributed by atoms with Gasteiger partial charge in [0.15, 0.2) is 11.4 Å². The summed E-state index contributed by atoms with van der Waals surface area (Å²) in [5.74, 6) is -0.834. The standard InChI is InChI=1S/C17H14N2O4/c1-10(20)11-3-6-13(7-4-11)18-16(21)12-5-8-14-15(9-12)23-17(22)19(14)2/h3-9H,1-2H3,(H,18,21). The van der Waals surface area contributed by atoms with Crippen LogP contribution in [-0.2, 0) is 7.05 Å². The van der Waals surface area contributed by atoms with Gasteiger partial charge in [-0.15, -0.1) is 0 Å². The van der Waals surface area contributed by atoms with Crippen molar-refractivity contribution in [3.05, 3.63) is 64.1 Å². The molecule has 0 bridgehead atoms. The van der Waals surface area contributed by atoms with Gasteiger partial charge in [-0.25, -0.2) is 4.79 Å². The predicted molar refractivity (Wildman–Crippen MR) is 85.9 cm³/mol. The van der Waals surface area contributed by atoms with Gasteiger partial charge in [-0.2, -0.15) is 0 Å². The van der Waals surface area contributed by atoms with Crippen LogP contribution in [0.15, 0.2) is 51.7 Å². The number of amides is 1. The van der Waals surface area contributed by atoms with Crippen molar-refractivity contribution in [2.45, 2.75) is 6.92 Å². The van der Waals surface area contributed by atoms with E-state index in [4.69, 9.17) is 4.42 Å². The van der Waals surface area contributed by atoms with Crippen molar-refractivity contribution >= 4 is 28.5 Å². The Balaban J connectivity index is 1.85. The second-order valence-electron chi connectivity index (χ2n) is 5.20. The van der Waals surface area contributed by atoms with Gasteiger partial charge in [0.05, 0.1) is 5.52 Å². The van der Waals surface area contributed by atoms with Crippen LogP contribution in [0.1, 0.15) is 27.6 Å². The molecule has 0 saturated carbocycles. The Labute approximate surface area is 131 Å². The zero-order valence-corrected chi connectivity index (χ0v) is 12.6. The fraction of sp³-hybridized carbons (Fsp3) is 0.118. The van der Waals surface area contributed by atoms with Crippen molar-refractivity contribution in [1.82, 2.24) is 4.57 Å². The van der Waals surface area contributed by atoms with Crippen molar-refractivity contribution in [2.24, 2.45) is 7.05 Å². The molecule has 6 nitrogen and oxygen atoms in total. The number of benzene rings is 2. The lowest BCUT2D eigenvalue weighted by molar-refractivity contribution is 0.101. The van der Waals surface area contributed by atoms with Gasteiger partial charge in [0.2, 0.25) is 0 Å². The van der Waals surface area contributed by atoms with Gasteiger partial charge in [0.25, 0.3) is 5.91 Å². The summed E-state index contributed by atoms with van der Waals surface area (Å²) in [7, 11) is 1.60. The number of nitrogens with one attached hydrogen (secondary N) is 1. The maximum Gasteiger partial charge on any atom is 0.419 e. The Hall–Kier alpha value is -3.15. The van der Waals surface area contributed by atoms with Crippen molar-refractivity contribution in [3.63, 3.8) is 0 Å². The largest absolute Gasteiger partial charge is 0.419 e. The smallest absolute Gasteiger partial charge is 0.408 e. The zero-order chi connectivity index (χ0) is 16.6. The first kappa shape index (κ1) is 14.8. The quantitative estimate of drug-likeness (QED) is 0.754. The normalized spacial score (nSPS) is 10.7. The first-order chi connectivity index (χ1) is 11.0. The number of fused-ring (bicyclic) bond motifs is 1. The Bertz CT molecular complexity index is 964. The monoisotopic (exact) mass is 310 g/mol. The number of ketones is 1. The Morgan fingerprint density at radius 2 is 1.70 bits per heavy atom. The van der Waals surface area contributed by atoms with E-state index in [1.807, 2.05) is 0 Å². The third kappa shape index (κ3) is 2.78. The van der Waals surface area contributed by atoms with E-state index in [0.29, 0.717) is 27.9 Å². The number of Topliss-reactive ketones (excluding diaryl/α,β-unsaturated/α-hetero) is 1. The molecule has 0 fully saturated rings. The molecule has 3 aromatic rings. The van der Waals surface area contributed by atoms with Crippen LogP contribution in [0.25, 0.3) is 11.1 Å². The van der Waals surface area contributed by atoms with E-state index in [2.05, 4.69) is 5.32 Å². The van der Waals surface area contributed by atoms with Gasteiger partial charge >= 0.3 is 5.76 Å². The lowest BCUT2D eigenvalue weighted by Gasteiger charge is -2.06. The van der Waals surface area contributed by atoms with E-state index in [1.54, 1.807) is 43.4 Å². The molecule has 1 N–H and O–H groups in total. The number of carbonyl (C=O) groups is 2. The molecule has 0 radical (unpaired) electrons. The van der Waals surface area contributed by atoms with E-state index >= 15 is 0 Å². The van der Waals surface area contributed by atoms with Crippen LogP contribution in [-0.4, -0.2) is 16.3 Å². The average Bonchev–Trinajstić information content (AvgIpc) is 2.82. The first-order valence-electron chi connectivity index (χ1n) is 6.97. The Morgan fingerprint density at radius 3 is 2.35 bits per heavy atom. The summed E-state index contributed by atoms with van der Waals surface area (Å²) in [4.78, 5) is 35.0. The van der Waals surface area contributed by atoms with Crippen LogP contribution in [0.3, 0.4) is 0 Å². The van der Waals surface area contributed by atoms with Gasteiger partial charge < -0.3 is 9.73 Å². The van der Waals surface area contributed by atoms with Crippen LogP contribution in [0.4, 0.5) is 5.69 Å². The summed E-state index contributed by atoms with van der Waals surface area (Å²) in [6.07, 6.45) is 0. The van der Waals surface area contributed by atoms with Crippen LogP contribution in [0, 0.1) is 0 Å². The summed E-state index contributed by atoms with van der Waals surface area (Å²) < 4.78 is 6.44. The predicted octanol–water partition coefficient (Wildman–Crippen LogP) is 2.59. The highest BCUT2D eigenvalue weighted by atomic mass is 16.4. The average molecular weight is 310 g/mol. The summed E-state index contributed by atoms with van der Waals surface area (Å²) in [6, 6.07) is 11.4. The molecule has 1 amide bonds. The summed E-state index contributed by atoms with van der Waals surface area (Å²) >= 11 is 0. The number of oxazole rings is 1. The fourth-order valence-electron chi connectivity index (χ4n) is 2.27. The van der Waals surface area contributed by atoms with Gasteiger partial charge in [-0.05, 0) is 49.4 Å². The van der Waals surface area contributed by atoms with E-state index < -0.39 is 5.76 Å². The number of nitrogens with zero attached hydrogens (tertiary/aromatic N) is 1. The Morgan fingerprint density at radius 1 is 1.04 bits per heavy atom. The van der Waals surface area contributed by atoms with Gasteiger partial charge in [-0.1, -0.05) is 0 Å². The maximum absolute atomic E-state index is 12.3. The highest BCUT2D eigenvalue weighted by Gasteiger charge is 2.11. The van der Waals surface area contributed by atoms with E-state index in [0.717, 1.165) is 0 Å². The number of carbonyl (C=O) groups excluding carboxylic acids is 2. The molecule has 0 spiro atoms. The number of hydrogen-bond acceptors (Lipinski definition) is 4. The second-order valence-corrected chi connectivity index (χ2v) is 5.20. The van der Waals surface area contributed by atoms with Gasteiger partial charge in [0, 0.05) is 23.9 Å². The van der Waals surface area contributed by atoms with Crippen LogP contribution >= 0.6 is 0 Å². The number of aryl methyl sites for hydroxylation is 1. The molecule has 0 aliphatic heterocycles. The minimum Gasteiger partial charge on any atom is -0.408 e. The van der Waals surface area contributed by atoms with E-state index in [1.165, 1.54) is 17.6 Å². The summed E-state index contributed by atoms with van der Waals surface area (Å²) in [6.45, 7) is 1.48. The highest BCUT2D eigenvalue weighted by Crippen LogP contribution is 2.16. The van der Waals surface area contributed by atoms with Crippen LogP contribution in [0.5, 0.6) is 0 Å². The molecule has 1 heterocycles. The summed E-state index contributed by atoms with van der Waals surface area (Å²) in [5, 5.41) is 2.73. The van der Waals surface area contributed by atoms with Crippen molar-refractivity contribution in [1.29, 1.82) is 0 Å². The molecule has 0 aliphatic rings. The molecular formula is C17H14N2O4. The van der Waals surface area contributed by atoms with Crippen molar-refractivity contribution < 1.29 is 14.0 Å². The summed E-state index contributed by atoms with van der Waals surface area (Å²) in [5.41, 5.74) is 2.52. The molecule has 0 saturated heterocycles. The Kier molecular flexibility index (Phi) is 3.57. The molecule has 3 rings (SSSR count). The van der Waals surface area contributed by atoms with E-state index in [-0.39, 0.29) is 11.7 Å². The lowest BCUT2D eigenvalue weighted by atomic mass is 10.1. The number of hydrogen-bond donors (Lipinski definition) is 1. The third-order valence-electron chi connectivity index (χ3n) is 3.60. The topological polar surface area (TPSA) is 81.3 Å². The first-order valence-corrected chi connectivity index (χ1v) is 6.97.